The van der Waals surface area contributed by atoms with Crippen molar-refractivity contribution in [2.24, 2.45) is 24.3 Å². The highest BCUT2D eigenvalue weighted by atomic mass is 15.3. The molecule has 0 saturated heterocycles. The van der Waals surface area contributed by atoms with Crippen molar-refractivity contribution in [2.75, 3.05) is 18.0 Å². The zero-order valence-corrected chi connectivity index (χ0v) is 12.7. The predicted molar refractivity (Wildman–Crippen MR) is 83.9 cm³/mol. The third kappa shape index (κ3) is 3.48. The normalized spacial score (nSPS) is 10.8. The van der Waals surface area contributed by atoms with Crippen LogP contribution in [0.15, 0.2) is 46.9 Å². The molecule has 1 heterocycles. The molecule has 0 aliphatic carbocycles. The van der Waals surface area contributed by atoms with Crippen molar-refractivity contribution in [1.29, 1.82) is 0 Å². The van der Waals surface area contributed by atoms with Gasteiger partial charge in [0.15, 0.2) is 0 Å². The Morgan fingerprint density at radius 1 is 1.29 bits per heavy atom. The fourth-order valence-electron chi connectivity index (χ4n) is 2.05. The molecule has 0 radical (unpaired) electrons. The molecular formula is C16H20N5+. The van der Waals surface area contributed by atoms with Crippen molar-refractivity contribution in [1.82, 2.24) is 4.57 Å². The van der Waals surface area contributed by atoms with Crippen LogP contribution in [0.4, 0.5) is 17.3 Å². The number of benzene rings is 1. The van der Waals surface area contributed by atoms with Crippen LogP contribution in [0.3, 0.4) is 0 Å². The highest BCUT2D eigenvalue weighted by Gasteiger charge is 2.10. The first-order valence-electron chi connectivity index (χ1n) is 6.87. The number of terminal acetylenes is 1. The molecule has 0 bridgehead atoms. The van der Waals surface area contributed by atoms with E-state index < -0.39 is 0 Å². The fourth-order valence-corrected chi connectivity index (χ4v) is 2.05. The molecule has 0 N–H and O–H groups in total. The first kappa shape index (κ1) is 14.8. The molecule has 1 aromatic carbocycles. The van der Waals surface area contributed by atoms with Gasteiger partial charge in [0, 0.05) is 17.3 Å². The summed E-state index contributed by atoms with van der Waals surface area (Å²) in [6, 6.07) is 7.92. The van der Waals surface area contributed by atoms with Gasteiger partial charge in [0.05, 0.1) is 33.0 Å². The number of aryl methyl sites for hydroxylation is 2. The van der Waals surface area contributed by atoms with E-state index in [2.05, 4.69) is 28.0 Å². The molecular weight excluding hydrogens is 262 g/mol. The largest absolute Gasteiger partial charge is 0.421 e. The van der Waals surface area contributed by atoms with Gasteiger partial charge in [-0.3, -0.25) is 0 Å². The predicted octanol–water partition coefficient (Wildman–Crippen LogP) is 2.72. The van der Waals surface area contributed by atoms with Crippen LogP contribution in [0.5, 0.6) is 0 Å². The Bertz CT molecular complexity index is 641. The van der Waals surface area contributed by atoms with Crippen LogP contribution in [0.2, 0.25) is 0 Å². The second kappa shape index (κ2) is 6.71. The van der Waals surface area contributed by atoms with E-state index in [1.807, 2.05) is 59.9 Å². The van der Waals surface area contributed by atoms with Crippen LogP contribution in [0, 0.1) is 12.3 Å². The third-order valence-corrected chi connectivity index (χ3v) is 3.28. The van der Waals surface area contributed by atoms with E-state index in [0.717, 1.165) is 23.9 Å². The Kier molecular flexibility index (Phi) is 4.72. The van der Waals surface area contributed by atoms with Gasteiger partial charge >= 0.3 is 5.95 Å². The quantitative estimate of drug-likeness (QED) is 0.472. The molecule has 108 valence electrons. The molecule has 2 aromatic rings. The number of hydrogen-bond donors (Lipinski definition) is 0. The molecule has 0 fully saturated rings. The van der Waals surface area contributed by atoms with Gasteiger partial charge in [-0.1, -0.05) is 11.0 Å². The number of anilines is 1. The number of imidazole rings is 1. The maximum Gasteiger partial charge on any atom is 0.421 e. The Labute approximate surface area is 125 Å². The van der Waals surface area contributed by atoms with Crippen molar-refractivity contribution in [3.63, 3.8) is 0 Å². The van der Waals surface area contributed by atoms with Gasteiger partial charge < -0.3 is 4.90 Å². The molecule has 0 saturated carbocycles. The minimum absolute atomic E-state index is 0.608. The lowest BCUT2D eigenvalue weighted by molar-refractivity contribution is -0.657. The standard InChI is InChI=1S/C16H20N5/c1-5-11-21(6-2)15-9-7-14(8-10-15)17-18-16-19(3)12-13-20(16)4/h1,7-10,12-13H,6,11H2,2-4H3/q+1. The van der Waals surface area contributed by atoms with Crippen LogP contribution < -0.4 is 9.47 Å². The van der Waals surface area contributed by atoms with Crippen molar-refractivity contribution < 1.29 is 4.57 Å². The number of nitrogens with zero attached hydrogens (tertiary/aromatic N) is 5. The smallest absolute Gasteiger partial charge is 0.361 e. The minimum Gasteiger partial charge on any atom is -0.361 e. The first-order valence-corrected chi connectivity index (χ1v) is 6.87. The molecule has 5 heteroatoms. The third-order valence-electron chi connectivity index (χ3n) is 3.28. The SMILES string of the molecule is C#CCN(CC)c1ccc(/N=N/c2n(C)cc[n+]2C)cc1. The molecule has 0 atom stereocenters. The van der Waals surface area contributed by atoms with Gasteiger partial charge in [0.2, 0.25) is 0 Å². The van der Waals surface area contributed by atoms with Crippen LogP contribution in [-0.4, -0.2) is 17.7 Å². The van der Waals surface area contributed by atoms with Crippen LogP contribution in [0.1, 0.15) is 6.92 Å². The van der Waals surface area contributed by atoms with Crippen LogP contribution in [0.25, 0.3) is 0 Å². The van der Waals surface area contributed by atoms with Gasteiger partial charge in [0.25, 0.3) is 0 Å². The lowest BCUT2D eigenvalue weighted by Gasteiger charge is -2.19. The first-order chi connectivity index (χ1) is 10.2. The van der Waals surface area contributed by atoms with E-state index in [-0.39, 0.29) is 0 Å². The van der Waals surface area contributed by atoms with E-state index >= 15 is 0 Å². The molecule has 0 spiro atoms. The molecule has 0 aliphatic rings. The summed E-state index contributed by atoms with van der Waals surface area (Å²) in [5.74, 6) is 3.46. The molecule has 1 aromatic heterocycles. The van der Waals surface area contributed by atoms with Crippen molar-refractivity contribution in [3.05, 3.63) is 36.7 Å². The van der Waals surface area contributed by atoms with E-state index in [0.29, 0.717) is 6.54 Å². The Morgan fingerprint density at radius 2 is 2.00 bits per heavy atom. The summed E-state index contributed by atoms with van der Waals surface area (Å²) in [5, 5.41) is 8.54. The van der Waals surface area contributed by atoms with E-state index in [9.17, 15) is 0 Å². The van der Waals surface area contributed by atoms with Gasteiger partial charge in [-0.2, -0.15) is 0 Å². The monoisotopic (exact) mass is 282 g/mol. The molecule has 0 amide bonds. The second-order valence-corrected chi connectivity index (χ2v) is 4.75. The van der Waals surface area contributed by atoms with Crippen molar-refractivity contribution >= 4 is 17.3 Å². The average Bonchev–Trinajstić information content (AvgIpc) is 2.82. The minimum atomic E-state index is 0.608. The highest BCUT2D eigenvalue weighted by Crippen LogP contribution is 2.21. The highest BCUT2D eigenvalue weighted by molar-refractivity contribution is 5.53. The number of aromatic nitrogens is 2. The van der Waals surface area contributed by atoms with E-state index in [1.54, 1.807) is 0 Å². The maximum atomic E-state index is 5.37. The summed E-state index contributed by atoms with van der Waals surface area (Å²) in [4.78, 5) is 2.12. The fraction of sp³-hybridized carbons (Fsp3) is 0.312. The second-order valence-electron chi connectivity index (χ2n) is 4.75. The Hall–Kier alpha value is -2.61. The zero-order valence-electron chi connectivity index (χ0n) is 12.7. The molecule has 0 unspecified atom stereocenters. The summed E-state index contributed by atoms with van der Waals surface area (Å²) in [6.45, 7) is 3.57. The van der Waals surface area contributed by atoms with Gasteiger partial charge in [0.1, 0.15) is 5.69 Å². The van der Waals surface area contributed by atoms with Crippen molar-refractivity contribution in [3.8, 4) is 12.3 Å². The van der Waals surface area contributed by atoms with Crippen molar-refractivity contribution in [2.45, 2.75) is 6.92 Å². The summed E-state index contributed by atoms with van der Waals surface area (Å²) in [6.07, 6.45) is 9.25. The molecule has 0 aliphatic heterocycles. The Balaban J connectivity index is 2.15. The van der Waals surface area contributed by atoms with Crippen LogP contribution >= 0.6 is 0 Å². The molecule has 5 nitrogen and oxygen atoms in total. The van der Waals surface area contributed by atoms with Gasteiger partial charge in [-0.25, -0.2) is 9.13 Å². The number of hydrogen-bond acceptors (Lipinski definition) is 3. The Morgan fingerprint density at radius 3 is 2.52 bits per heavy atom. The van der Waals surface area contributed by atoms with E-state index in [1.165, 1.54) is 0 Å². The maximum absolute atomic E-state index is 5.37. The van der Waals surface area contributed by atoms with Gasteiger partial charge in [-0.05, 0) is 31.2 Å². The average molecular weight is 282 g/mol. The lowest BCUT2D eigenvalue weighted by atomic mass is 10.2. The molecule has 2 rings (SSSR count). The number of rotatable bonds is 5. The van der Waals surface area contributed by atoms with E-state index in [4.69, 9.17) is 6.42 Å². The topological polar surface area (TPSA) is 36.8 Å². The number of azo groups is 1. The summed E-state index contributed by atoms with van der Waals surface area (Å²) >= 11 is 0. The van der Waals surface area contributed by atoms with Gasteiger partial charge in [-0.15, -0.1) is 6.42 Å². The summed E-state index contributed by atoms with van der Waals surface area (Å²) < 4.78 is 3.84. The molecule has 21 heavy (non-hydrogen) atoms. The summed E-state index contributed by atoms with van der Waals surface area (Å²) in [5.41, 5.74) is 1.91. The zero-order chi connectivity index (χ0) is 15.2. The summed E-state index contributed by atoms with van der Waals surface area (Å²) in [7, 11) is 3.88. The van der Waals surface area contributed by atoms with Crippen LogP contribution in [-0.2, 0) is 14.1 Å². The lowest BCUT2D eigenvalue weighted by Crippen LogP contribution is -2.25.